The van der Waals surface area contributed by atoms with E-state index < -0.39 is 17.4 Å². The number of nitrogens with zero attached hydrogens (tertiary/aromatic N) is 2. The van der Waals surface area contributed by atoms with Gasteiger partial charge < -0.3 is 10.5 Å². The Balaban J connectivity index is 2.08. The summed E-state index contributed by atoms with van der Waals surface area (Å²) in [6.07, 6.45) is 1.36. The summed E-state index contributed by atoms with van der Waals surface area (Å²) in [5.74, 6) is -1.33. The van der Waals surface area contributed by atoms with E-state index in [0.29, 0.717) is 14.8 Å². The molecule has 2 N–H and O–H groups in total. The molecular formula is C25H19Br2N3O3S. The molecule has 0 aliphatic carbocycles. The molecule has 34 heavy (non-hydrogen) atoms. The number of nitrogens with two attached hydrogens (primary N) is 1. The fourth-order valence-corrected chi connectivity index (χ4v) is 5.42. The highest BCUT2D eigenvalue weighted by Crippen LogP contribution is 2.37. The maximum Gasteiger partial charge on any atom is 0.338 e. The molecule has 0 radical (unpaired) electrons. The first-order chi connectivity index (χ1) is 16.2. The molecule has 6 nitrogen and oxygen atoms in total. The summed E-state index contributed by atoms with van der Waals surface area (Å²) in [5, 5.41) is 10.0. The second-order valence-corrected chi connectivity index (χ2v) is 10.7. The number of carbonyl (C=O) groups is 1. The van der Waals surface area contributed by atoms with Gasteiger partial charge in [-0.05, 0) is 55.3 Å². The minimum atomic E-state index is -0.761. The fraction of sp³-hybridized carbons (Fsp3) is 0.160. The lowest BCUT2D eigenvalue weighted by Crippen LogP contribution is -2.40. The summed E-state index contributed by atoms with van der Waals surface area (Å²) >= 11 is 7.97. The Bertz CT molecular complexity index is 1530. The summed E-state index contributed by atoms with van der Waals surface area (Å²) in [7, 11) is 0. The first kappa shape index (κ1) is 24.2. The summed E-state index contributed by atoms with van der Waals surface area (Å²) in [6, 6.07) is 16.9. The van der Waals surface area contributed by atoms with Gasteiger partial charge in [-0.1, -0.05) is 56.1 Å². The number of hydrogen-bond acceptors (Lipinski definition) is 6. The van der Waals surface area contributed by atoms with Crippen LogP contribution in [0.3, 0.4) is 0 Å². The third kappa shape index (κ3) is 4.53. The maximum atomic E-state index is 13.4. The van der Waals surface area contributed by atoms with Crippen LogP contribution >= 0.6 is 43.2 Å². The molecule has 0 saturated carbocycles. The molecule has 1 atom stereocenters. The summed E-state index contributed by atoms with van der Waals surface area (Å²) in [4.78, 5) is 26.7. The number of hydrogen-bond donors (Lipinski definition) is 1. The Kier molecular flexibility index (Phi) is 6.94. The van der Waals surface area contributed by atoms with Crippen molar-refractivity contribution in [3.63, 3.8) is 0 Å². The van der Waals surface area contributed by atoms with Gasteiger partial charge in [0.2, 0.25) is 0 Å². The van der Waals surface area contributed by atoms with Gasteiger partial charge >= 0.3 is 5.97 Å². The molecule has 1 aliphatic rings. The standard InChI is InChI=1S/C25H19Br2N3O3S/c1-13(2)33-25(32)21-20(15-5-9-17(27)10-6-15)18(12-28)22(29)30-23(31)19(34-24(21)30)11-14-3-7-16(26)8-4-14/h3-11,13,20H,29H2,1-2H3/b19-11+/t20-/m1/s1. The normalized spacial score (nSPS) is 15.9. The van der Waals surface area contributed by atoms with Gasteiger partial charge in [0.05, 0.1) is 33.8 Å². The zero-order chi connectivity index (χ0) is 24.6. The molecule has 0 unspecified atom stereocenters. The molecule has 9 heteroatoms. The number of esters is 1. The molecule has 0 bridgehead atoms. The van der Waals surface area contributed by atoms with Gasteiger partial charge in [-0.2, -0.15) is 5.26 Å². The van der Waals surface area contributed by atoms with E-state index in [1.807, 2.05) is 48.5 Å². The highest BCUT2D eigenvalue weighted by atomic mass is 79.9. The summed E-state index contributed by atoms with van der Waals surface area (Å²) in [6.45, 7) is 3.50. The van der Waals surface area contributed by atoms with Crippen molar-refractivity contribution in [2.75, 3.05) is 0 Å². The molecule has 0 spiro atoms. The topological polar surface area (TPSA) is 98.1 Å². The first-order valence-electron chi connectivity index (χ1n) is 10.3. The Morgan fingerprint density at radius 1 is 1.15 bits per heavy atom. The van der Waals surface area contributed by atoms with E-state index in [1.165, 1.54) is 4.57 Å². The third-order valence-corrected chi connectivity index (χ3v) is 7.37. The maximum absolute atomic E-state index is 13.4. The van der Waals surface area contributed by atoms with Crippen LogP contribution in [0.1, 0.15) is 30.9 Å². The summed E-state index contributed by atoms with van der Waals surface area (Å²) in [5.41, 5.74) is 7.85. The molecule has 2 heterocycles. The molecule has 2 aromatic carbocycles. The Labute approximate surface area is 216 Å². The Morgan fingerprint density at radius 2 is 1.74 bits per heavy atom. The first-order valence-corrected chi connectivity index (χ1v) is 12.7. The number of benzene rings is 2. The second kappa shape index (κ2) is 9.74. The van der Waals surface area contributed by atoms with Crippen LogP contribution in [0.25, 0.3) is 17.5 Å². The number of ether oxygens (including phenoxy) is 1. The van der Waals surface area contributed by atoms with E-state index in [-0.39, 0.29) is 23.1 Å². The number of thiazole rings is 1. The molecule has 3 aromatic rings. The van der Waals surface area contributed by atoms with Crippen molar-refractivity contribution in [2.45, 2.75) is 25.9 Å². The van der Waals surface area contributed by atoms with Crippen LogP contribution < -0.4 is 20.5 Å². The van der Waals surface area contributed by atoms with E-state index >= 15 is 0 Å². The number of halogens is 2. The van der Waals surface area contributed by atoms with Crippen molar-refractivity contribution >= 4 is 66.6 Å². The Morgan fingerprint density at radius 3 is 2.29 bits per heavy atom. The minimum absolute atomic E-state index is 0.0169. The highest BCUT2D eigenvalue weighted by Gasteiger charge is 2.36. The number of aromatic nitrogens is 1. The molecule has 1 aliphatic heterocycles. The van der Waals surface area contributed by atoms with Gasteiger partial charge in [-0.25, -0.2) is 4.79 Å². The van der Waals surface area contributed by atoms with Gasteiger partial charge in [-0.3, -0.25) is 9.36 Å². The predicted molar refractivity (Wildman–Crippen MR) is 140 cm³/mol. The van der Waals surface area contributed by atoms with Crippen LogP contribution in [0.5, 0.6) is 0 Å². The predicted octanol–water partition coefficient (Wildman–Crippen LogP) is 3.81. The van der Waals surface area contributed by atoms with E-state index in [9.17, 15) is 14.9 Å². The number of allylic oxidation sites excluding steroid dienone is 1. The van der Waals surface area contributed by atoms with Crippen molar-refractivity contribution in [3.8, 4) is 6.07 Å². The lowest BCUT2D eigenvalue weighted by molar-refractivity contribution is -0.140. The van der Waals surface area contributed by atoms with E-state index in [4.69, 9.17) is 10.5 Å². The molecule has 0 saturated heterocycles. The smallest absolute Gasteiger partial charge is 0.338 e. The van der Waals surface area contributed by atoms with Gasteiger partial charge in [0.1, 0.15) is 10.5 Å². The van der Waals surface area contributed by atoms with Crippen molar-refractivity contribution < 1.29 is 9.53 Å². The van der Waals surface area contributed by atoms with Crippen LogP contribution in [-0.2, 0) is 9.53 Å². The molecule has 0 fully saturated rings. The molecular weight excluding hydrogens is 582 g/mol. The largest absolute Gasteiger partial charge is 0.460 e. The summed E-state index contributed by atoms with van der Waals surface area (Å²) < 4.78 is 9.33. The lowest BCUT2D eigenvalue weighted by Gasteiger charge is -2.25. The zero-order valence-electron chi connectivity index (χ0n) is 18.2. The lowest BCUT2D eigenvalue weighted by atomic mass is 9.84. The number of nitriles is 1. The minimum Gasteiger partial charge on any atom is -0.460 e. The van der Waals surface area contributed by atoms with Crippen LogP contribution in [0.15, 0.2) is 67.8 Å². The van der Waals surface area contributed by atoms with Crippen molar-refractivity contribution in [1.82, 2.24) is 4.57 Å². The molecule has 0 amide bonds. The molecule has 172 valence electrons. The van der Waals surface area contributed by atoms with Gasteiger partial charge in [-0.15, -0.1) is 11.3 Å². The van der Waals surface area contributed by atoms with Gasteiger partial charge in [0.25, 0.3) is 5.56 Å². The SMILES string of the molecule is CC(C)OC(=O)C1=c2s/c(=C/c3ccc(Br)cc3)c(=O)n2C(N)=C(C#N)[C@H]1c1ccc(Br)cc1. The second-order valence-electron chi connectivity index (χ2n) is 7.87. The Hall–Kier alpha value is -2.93. The average Bonchev–Trinajstić information content (AvgIpc) is 3.11. The quantitative estimate of drug-likeness (QED) is 0.459. The molecule has 4 rings (SSSR count). The average molecular weight is 601 g/mol. The zero-order valence-corrected chi connectivity index (χ0v) is 22.2. The van der Waals surface area contributed by atoms with Crippen LogP contribution in [0, 0.1) is 11.3 Å². The highest BCUT2D eigenvalue weighted by molar-refractivity contribution is 9.10. The van der Waals surface area contributed by atoms with Crippen molar-refractivity contribution in [2.24, 2.45) is 5.73 Å². The number of rotatable bonds is 4. The van der Waals surface area contributed by atoms with Gasteiger partial charge in [0, 0.05) is 8.95 Å². The van der Waals surface area contributed by atoms with Crippen LogP contribution in [0.2, 0.25) is 0 Å². The number of fused-ring (bicyclic) bond motifs is 1. The van der Waals surface area contributed by atoms with E-state index in [1.54, 1.807) is 19.9 Å². The monoisotopic (exact) mass is 599 g/mol. The van der Waals surface area contributed by atoms with Crippen LogP contribution in [-0.4, -0.2) is 16.6 Å². The number of carbonyl (C=O) groups excluding carboxylic acids is 1. The van der Waals surface area contributed by atoms with E-state index in [2.05, 4.69) is 37.9 Å². The van der Waals surface area contributed by atoms with E-state index in [0.717, 1.165) is 25.8 Å². The van der Waals surface area contributed by atoms with Crippen molar-refractivity contribution in [1.29, 1.82) is 5.26 Å². The van der Waals surface area contributed by atoms with Crippen LogP contribution in [0.4, 0.5) is 0 Å². The van der Waals surface area contributed by atoms with Gasteiger partial charge in [0.15, 0.2) is 0 Å². The third-order valence-electron chi connectivity index (χ3n) is 5.20. The van der Waals surface area contributed by atoms with Crippen molar-refractivity contribution in [3.05, 3.63) is 93.7 Å². The molecule has 1 aromatic heterocycles. The fourth-order valence-electron chi connectivity index (χ4n) is 3.72.